The van der Waals surface area contributed by atoms with Crippen LogP contribution in [-0.4, -0.2) is 42.7 Å². The third kappa shape index (κ3) is 5.41. The summed E-state index contributed by atoms with van der Waals surface area (Å²) < 4.78 is 10.1. The number of amides is 1. The van der Waals surface area contributed by atoms with Crippen LogP contribution in [0, 0.1) is 0 Å². The lowest BCUT2D eigenvalue weighted by Crippen LogP contribution is -2.31. The summed E-state index contributed by atoms with van der Waals surface area (Å²) in [6.07, 6.45) is 0.348. The molecule has 0 fully saturated rings. The van der Waals surface area contributed by atoms with E-state index < -0.39 is 0 Å². The van der Waals surface area contributed by atoms with Crippen molar-refractivity contribution in [2.45, 2.75) is 26.3 Å². The molecular weight excluding hydrogens is 248 g/mol. The Labute approximate surface area is 112 Å². The molecule has 0 saturated carbocycles. The quantitative estimate of drug-likeness (QED) is 0.761. The number of methoxy groups -OCH3 is 2. The Morgan fingerprint density at radius 2 is 1.84 bits per heavy atom. The Morgan fingerprint density at radius 1 is 1.26 bits per heavy atom. The molecule has 0 radical (unpaired) electrons. The molecule has 0 aliphatic carbocycles. The van der Waals surface area contributed by atoms with Gasteiger partial charge >= 0.3 is 0 Å². The standard InChI is InChI=1S/C12H20N4O3/c1-8(2)14-9(17)5-6-13-12-15-10(18-3)7-11(16-12)19-4/h7-8H,5-6H2,1-4H3,(H,14,17)(H,13,15,16). The van der Waals surface area contributed by atoms with Crippen molar-refractivity contribution in [3.63, 3.8) is 0 Å². The summed E-state index contributed by atoms with van der Waals surface area (Å²) in [5, 5.41) is 5.76. The third-order valence-corrected chi connectivity index (χ3v) is 2.18. The molecule has 1 rings (SSSR count). The molecule has 1 aromatic rings. The zero-order valence-electron chi connectivity index (χ0n) is 11.7. The van der Waals surface area contributed by atoms with Crippen LogP contribution in [0.5, 0.6) is 11.8 Å². The fourth-order valence-electron chi connectivity index (χ4n) is 1.37. The van der Waals surface area contributed by atoms with E-state index in [9.17, 15) is 4.79 Å². The van der Waals surface area contributed by atoms with Crippen LogP contribution in [0.4, 0.5) is 5.95 Å². The minimum atomic E-state index is -0.0163. The summed E-state index contributed by atoms with van der Waals surface area (Å²) in [6, 6.07) is 1.72. The molecule has 0 aromatic carbocycles. The monoisotopic (exact) mass is 268 g/mol. The molecule has 0 bridgehead atoms. The lowest BCUT2D eigenvalue weighted by molar-refractivity contribution is -0.121. The van der Waals surface area contributed by atoms with Crippen molar-refractivity contribution >= 4 is 11.9 Å². The summed E-state index contributed by atoms with van der Waals surface area (Å²) >= 11 is 0. The topological polar surface area (TPSA) is 85.4 Å². The highest BCUT2D eigenvalue weighted by Gasteiger charge is 2.06. The average molecular weight is 268 g/mol. The van der Waals surface area contributed by atoms with Gasteiger partial charge in [0.1, 0.15) is 0 Å². The van der Waals surface area contributed by atoms with Crippen molar-refractivity contribution in [2.24, 2.45) is 0 Å². The summed E-state index contributed by atoms with van der Waals surface area (Å²) in [7, 11) is 3.03. The molecule has 1 aromatic heterocycles. The molecule has 7 nitrogen and oxygen atoms in total. The van der Waals surface area contributed by atoms with Crippen LogP contribution < -0.4 is 20.1 Å². The molecule has 1 amide bonds. The first-order valence-electron chi connectivity index (χ1n) is 6.05. The van der Waals surface area contributed by atoms with Crippen LogP contribution >= 0.6 is 0 Å². The van der Waals surface area contributed by atoms with Crippen molar-refractivity contribution in [1.82, 2.24) is 15.3 Å². The number of aromatic nitrogens is 2. The minimum Gasteiger partial charge on any atom is -0.481 e. The van der Waals surface area contributed by atoms with E-state index in [0.717, 1.165) is 0 Å². The molecule has 0 saturated heterocycles. The maximum Gasteiger partial charge on any atom is 0.229 e. The Bertz CT molecular complexity index is 401. The van der Waals surface area contributed by atoms with Crippen LogP contribution in [0.3, 0.4) is 0 Å². The lowest BCUT2D eigenvalue weighted by Gasteiger charge is -2.10. The van der Waals surface area contributed by atoms with Crippen LogP contribution in [0.25, 0.3) is 0 Å². The Morgan fingerprint density at radius 3 is 2.32 bits per heavy atom. The van der Waals surface area contributed by atoms with E-state index in [4.69, 9.17) is 9.47 Å². The average Bonchev–Trinajstić information content (AvgIpc) is 2.37. The van der Waals surface area contributed by atoms with E-state index in [-0.39, 0.29) is 11.9 Å². The van der Waals surface area contributed by atoms with E-state index >= 15 is 0 Å². The number of rotatable bonds is 7. The summed E-state index contributed by atoms with van der Waals surface area (Å²) in [5.74, 6) is 1.16. The summed E-state index contributed by atoms with van der Waals surface area (Å²) in [6.45, 7) is 4.28. The van der Waals surface area contributed by atoms with Crippen molar-refractivity contribution < 1.29 is 14.3 Å². The Balaban J connectivity index is 2.50. The highest BCUT2D eigenvalue weighted by atomic mass is 16.5. The van der Waals surface area contributed by atoms with Gasteiger partial charge in [-0.2, -0.15) is 9.97 Å². The first-order valence-corrected chi connectivity index (χ1v) is 6.05. The third-order valence-electron chi connectivity index (χ3n) is 2.18. The zero-order chi connectivity index (χ0) is 14.3. The summed E-state index contributed by atoms with van der Waals surface area (Å²) in [5.41, 5.74) is 0. The second-order valence-electron chi connectivity index (χ2n) is 4.18. The number of hydrogen-bond donors (Lipinski definition) is 2. The number of nitrogens with one attached hydrogen (secondary N) is 2. The Hall–Kier alpha value is -2.05. The second kappa shape index (κ2) is 7.40. The van der Waals surface area contributed by atoms with Gasteiger partial charge in [-0.25, -0.2) is 0 Å². The maximum atomic E-state index is 11.4. The molecule has 7 heteroatoms. The highest BCUT2D eigenvalue weighted by molar-refractivity contribution is 5.76. The molecule has 0 spiro atoms. The van der Waals surface area contributed by atoms with Gasteiger partial charge in [0, 0.05) is 19.0 Å². The van der Waals surface area contributed by atoms with Gasteiger partial charge in [0.05, 0.1) is 20.3 Å². The normalized spacial score (nSPS) is 10.2. The molecule has 1 heterocycles. The largest absolute Gasteiger partial charge is 0.481 e. The van der Waals surface area contributed by atoms with Gasteiger partial charge in [0.2, 0.25) is 23.6 Å². The predicted molar refractivity (Wildman–Crippen MR) is 71.5 cm³/mol. The summed E-state index contributed by atoms with van der Waals surface area (Å²) in [4.78, 5) is 19.7. The van der Waals surface area contributed by atoms with Crippen LogP contribution in [0.15, 0.2) is 6.07 Å². The van der Waals surface area contributed by atoms with Crippen molar-refractivity contribution in [2.75, 3.05) is 26.1 Å². The molecule has 0 aliphatic heterocycles. The van der Waals surface area contributed by atoms with Gasteiger partial charge in [0.15, 0.2) is 0 Å². The minimum absolute atomic E-state index is 0.0163. The van der Waals surface area contributed by atoms with E-state index in [0.29, 0.717) is 30.7 Å². The van der Waals surface area contributed by atoms with Gasteiger partial charge in [-0.15, -0.1) is 0 Å². The first kappa shape index (κ1) is 15.0. The molecule has 0 atom stereocenters. The molecule has 2 N–H and O–H groups in total. The van der Waals surface area contributed by atoms with Crippen molar-refractivity contribution in [3.05, 3.63) is 6.07 Å². The van der Waals surface area contributed by atoms with Crippen LogP contribution in [0.2, 0.25) is 0 Å². The number of nitrogens with zero attached hydrogens (tertiary/aromatic N) is 2. The van der Waals surface area contributed by atoms with E-state index in [2.05, 4.69) is 20.6 Å². The molecule has 19 heavy (non-hydrogen) atoms. The van der Waals surface area contributed by atoms with Gasteiger partial charge in [0.25, 0.3) is 0 Å². The Kier molecular flexibility index (Phi) is 5.84. The fourth-order valence-corrected chi connectivity index (χ4v) is 1.37. The van der Waals surface area contributed by atoms with E-state index in [1.165, 1.54) is 14.2 Å². The highest BCUT2D eigenvalue weighted by Crippen LogP contribution is 2.16. The SMILES string of the molecule is COc1cc(OC)nc(NCCC(=O)NC(C)C)n1. The second-order valence-corrected chi connectivity index (χ2v) is 4.18. The smallest absolute Gasteiger partial charge is 0.229 e. The van der Waals surface area contributed by atoms with Gasteiger partial charge < -0.3 is 20.1 Å². The number of anilines is 1. The van der Waals surface area contributed by atoms with Gasteiger partial charge in [-0.05, 0) is 13.8 Å². The number of hydrogen-bond acceptors (Lipinski definition) is 6. The van der Waals surface area contributed by atoms with Crippen molar-refractivity contribution in [1.29, 1.82) is 0 Å². The van der Waals surface area contributed by atoms with Gasteiger partial charge in [-0.1, -0.05) is 0 Å². The molecule has 0 unspecified atom stereocenters. The van der Waals surface area contributed by atoms with E-state index in [1.54, 1.807) is 6.07 Å². The first-order chi connectivity index (χ1) is 9.05. The molecule has 0 aliphatic rings. The lowest BCUT2D eigenvalue weighted by atomic mass is 10.3. The number of carbonyl (C=O) groups excluding carboxylic acids is 1. The fraction of sp³-hybridized carbons (Fsp3) is 0.583. The van der Waals surface area contributed by atoms with Crippen LogP contribution in [-0.2, 0) is 4.79 Å². The maximum absolute atomic E-state index is 11.4. The number of carbonyl (C=O) groups is 1. The molecule has 106 valence electrons. The van der Waals surface area contributed by atoms with Crippen molar-refractivity contribution in [3.8, 4) is 11.8 Å². The zero-order valence-corrected chi connectivity index (χ0v) is 11.7. The van der Waals surface area contributed by atoms with Gasteiger partial charge in [-0.3, -0.25) is 4.79 Å². The predicted octanol–water partition coefficient (Wildman–Crippen LogP) is 0.820. The molecular formula is C12H20N4O3. The van der Waals surface area contributed by atoms with Crippen LogP contribution in [0.1, 0.15) is 20.3 Å². The van der Waals surface area contributed by atoms with E-state index in [1.807, 2.05) is 13.8 Å². The number of ether oxygens (including phenoxy) is 2.